The van der Waals surface area contributed by atoms with Gasteiger partial charge in [-0.05, 0) is 138 Å². The molecular formula is C112H238O6Si3. The smallest absolute Gasteiger partial charge is 0.455 e. The number of unbranched alkanes of at least 4 members (excludes halogenated alkanes) is 62. The maximum absolute atomic E-state index is 7.34. The molecule has 2 unspecified atom stereocenters. The lowest BCUT2D eigenvalue weighted by Gasteiger charge is -2.38. The summed E-state index contributed by atoms with van der Waals surface area (Å²) in [5, 5.41) is 0. The standard InChI is InChI=1S/C36H78OSi2.C30H62O.C26H54O.C20H44O3Si/c1-9-13-17-21-23-27-31-35(29-25-19-15-11-3)33-38(5,6)37-39(7,8)34-36(30-26-20-16-12-4)32-28-24-22-18-14-10-2;1-7-9-11-13-15-17-19-21-23-25-27-29(3,4)31-30(5,6)28-26-24-22-20-18-16-14-12-10-8-2;1-7-9-11-13-15-17-19-21-23-25(3,4)27-26(5,6)24-22-20-18-16-14-12-10-8-2;1-5-6-7-8-9-10-11-12-13-14-15-16-17-18-19-20-24(21-2,22-3)23-4/h35-36H,9-34H2,1-8H3;7-28H2,1-6H3;7-24H2,1-6H3;5-20H2,1-4H3. The van der Waals surface area contributed by atoms with E-state index in [2.05, 4.69) is 144 Å². The number of rotatable bonds is 93. The molecule has 0 fully saturated rings. The fourth-order valence-electron chi connectivity index (χ4n) is 19.5. The Balaban J connectivity index is -0.000000767. The van der Waals surface area contributed by atoms with Gasteiger partial charge in [0, 0.05) is 27.4 Å². The van der Waals surface area contributed by atoms with Crippen LogP contribution in [0.1, 0.15) is 625 Å². The third kappa shape index (κ3) is 97.8. The van der Waals surface area contributed by atoms with Gasteiger partial charge < -0.3 is 26.9 Å². The first-order valence-electron chi connectivity index (χ1n) is 55.9. The van der Waals surface area contributed by atoms with Crippen molar-refractivity contribution < 1.29 is 26.9 Å². The zero-order chi connectivity index (χ0) is 90.9. The van der Waals surface area contributed by atoms with Gasteiger partial charge in [0.25, 0.3) is 0 Å². The normalized spacial score (nSPS) is 13.0. The Kier molecular flexibility index (Phi) is 97.4. The van der Waals surface area contributed by atoms with E-state index in [0.29, 0.717) is 0 Å². The SMILES string of the molecule is CCCCCCCCC(CCCCCC)C[Si](C)(C)O[Si](C)(C)CC(CCCCCC)CCCCCCCC.CCCCCCCCCCC(C)(C)OC(C)(C)CCCCCCCCCC.CCCCCCCCCCCCC(C)(C)OC(C)(C)CCCCCCCCCCCC.CCCCCCCCCCCCCCCCC[Si](OC)(OC)OC. The summed E-state index contributed by atoms with van der Waals surface area (Å²) in [5.41, 5.74) is 0.0714. The van der Waals surface area contributed by atoms with Crippen molar-refractivity contribution in [2.75, 3.05) is 21.3 Å². The van der Waals surface area contributed by atoms with Crippen LogP contribution in [0.5, 0.6) is 0 Å². The van der Waals surface area contributed by atoms with E-state index in [0.717, 1.165) is 24.3 Å². The molecular weight excluding hydrogens is 1530 g/mol. The highest BCUT2D eigenvalue weighted by molar-refractivity contribution is 6.84. The fourth-order valence-corrected chi connectivity index (χ4v) is 31.5. The van der Waals surface area contributed by atoms with Gasteiger partial charge in [0.15, 0.2) is 16.6 Å². The third-order valence-corrected chi connectivity index (χ3v) is 37.0. The summed E-state index contributed by atoms with van der Waals surface area (Å²) in [6.07, 6.45) is 110. The third-order valence-electron chi connectivity index (χ3n) is 26.6. The van der Waals surface area contributed by atoms with E-state index in [1.165, 1.54) is 513 Å². The van der Waals surface area contributed by atoms with Crippen LogP contribution in [0.15, 0.2) is 0 Å². The molecule has 0 spiro atoms. The molecule has 9 heteroatoms. The highest BCUT2D eigenvalue weighted by Gasteiger charge is 2.38. The maximum atomic E-state index is 7.34. The molecule has 0 radical (unpaired) electrons. The van der Waals surface area contributed by atoms with Gasteiger partial charge in [-0.2, -0.15) is 0 Å². The minimum Gasteiger partial charge on any atom is -0.455 e. The van der Waals surface area contributed by atoms with Crippen molar-refractivity contribution in [3.05, 3.63) is 0 Å². The van der Waals surface area contributed by atoms with Crippen molar-refractivity contribution >= 4 is 25.4 Å². The summed E-state index contributed by atoms with van der Waals surface area (Å²) in [6.45, 7) is 49.5. The van der Waals surface area contributed by atoms with Crippen LogP contribution in [-0.4, -0.2) is 69.2 Å². The first kappa shape index (κ1) is 128. The van der Waals surface area contributed by atoms with Gasteiger partial charge >= 0.3 is 8.80 Å². The van der Waals surface area contributed by atoms with E-state index >= 15 is 0 Å². The van der Waals surface area contributed by atoms with Crippen LogP contribution in [0.3, 0.4) is 0 Å². The average Bonchev–Trinajstić information content (AvgIpc) is 0.672. The van der Waals surface area contributed by atoms with Gasteiger partial charge in [-0.1, -0.05) is 537 Å². The Bertz CT molecular complexity index is 1840. The summed E-state index contributed by atoms with van der Waals surface area (Å²) >= 11 is 0. The first-order valence-corrected chi connectivity index (χ1v) is 64.0. The lowest BCUT2D eigenvalue weighted by Crippen LogP contribution is -2.46. The summed E-state index contributed by atoms with van der Waals surface area (Å²) in [5.74, 6) is 1.82. The van der Waals surface area contributed by atoms with Crippen LogP contribution >= 0.6 is 0 Å². The van der Waals surface area contributed by atoms with Gasteiger partial charge in [-0.15, -0.1) is 0 Å². The molecule has 0 aromatic heterocycles. The van der Waals surface area contributed by atoms with Crippen LogP contribution in [0.25, 0.3) is 0 Å². The Hall–Kier alpha value is 0.411. The fraction of sp³-hybridized carbons (Fsp3) is 1.00. The average molecular weight is 1770 g/mol. The molecule has 2 atom stereocenters. The van der Waals surface area contributed by atoms with Crippen molar-refractivity contribution in [3.8, 4) is 0 Å². The van der Waals surface area contributed by atoms with Crippen molar-refractivity contribution in [1.29, 1.82) is 0 Å². The van der Waals surface area contributed by atoms with Crippen LogP contribution < -0.4 is 0 Å². The molecule has 0 heterocycles. The zero-order valence-electron chi connectivity index (χ0n) is 89.1. The summed E-state index contributed by atoms with van der Waals surface area (Å²) < 4.78 is 36.8. The van der Waals surface area contributed by atoms with Gasteiger partial charge in [0.05, 0.1) is 22.4 Å². The van der Waals surface area contributed by atoms with Crippen LogP contribution in [0.4, 0.5) is 0 Å². The Morgan fingerprint density at radius 1 is 0.190 bits per heavy atom. The molecule has 6 nitrogen and oxygen atoms in total. The monoisotopic (exact) mass is 1760 g/mol. The predicted octanol–water partition coefficient (Wildman–Crippen LogP) is 41.6. The molecule has 0 rings (SSSR count). The summed E-state index contributed by atoms with van der Waals surface area (Å²) in [6, 6.07) is 3.75. The van der Waals surface area contributed by atoms with E-state index in [9.17, 15) is 0 Å². The predicted molar refractivity (Wildman–Crippen MR) is 559 cm³/mol. The second kappa shape index (κ2) is 92.3. The lowest BCUT2D eigenvalue weighted by atomic mass is 9.94. The molecule has 0 bridgehead atoms. The first-order chi connectivity index (χ1) is 58.1. The second-order valence-electron chi connectivity index (χ2n) is 43.1. The zero-order valence-corrected chi connectivity index (χ0v) is 92.1. The topological polar surface area (TPSA) is 55.4 Å². The van der Waals surface area contributed by atoms with Crippen molar-refractivity contribution in [1.82, 2.24) is 0 Å². The Morgan fingerprint density at radius 2 is 0.331 bits per heavy atom. The quantitative estimate of drug-likeness (QED) is 0.0447. The van der Waals surface area contributed by atoms with Crippen molar-refractivity contribution in [2.45, 2.75) is 692 Å². The molecule has 0 saturated carbocycles. The molecule has 0 aliphatic heterocycles. The number of hydrogen-bond acceptors (Lipinski definition) is 6. The van der Waals surface area contributed by atoms with Crippen LogP contribution in [0.2, 0.25) is 44.3 Å². The lowest BCUT2D eigenvalue weighted by molar-refractivity contribution is -0.131. The maximum Gasteiger partial charge on any atom is 0.500 e. The molecule has 734 valence electrons. The van der Waals surface area contributed by atoms with E-state index in [4.69, 9.17) is 26.9 Å². The van der Waals surface area contributed by atoms with Crippen LogP contribution in [0, 0.1) is 11.8 Å². The molecule has 121 heavy (non-hydrogen) atoms. The van der Waals surface area contributed by atoms with Crippen molar-refractivity contribution in [2.24, 2.45) is 11.8 Å². The van der Waals surface area contributed by atoms with Crippen LogP contribution in [-0.2, 0) is 26.9 Å². The van der Waals surface area contributed by atoms with Gasteiger partial charge in [0.1, 0.15) is 0 Å². The minimum absolute atomic E-state index is 0.0160. The van der Waals surface area contributed by atoms with E-state index in [1.54, 1.807) is 21.3 Å². The number of ether oxygens (including phenoxy) is 2. The summed E-state index contributed by atoms with van der Waals surface area (Å²) in [4.78, 5) is 0. The summed E-state index contributed by atoms with van der Waals surface area (Å²) in [7, 11) is -0.533. The molecule has 0 saturated heterocycles. The van der Waals surface area contributed by atoms with Gasteiger partial charge in [-0.3, -0.25) is 0 Å². The minimum atomic E-state index is -2.32. The van der Waals surface area contributed by atoms with Gasteiger partial charge in [-0.25, -0.2) is 0 Å². The van der Waals surface area contributed by atoms with E-state index < -0.39 is 25.4 Å². The van der Waals surface area contributed by atoms with Gasteiger partial charge in [0.2, 0.25) is 0 Å². The largest absolute Gasteiger partial charge is 0.500 e. The molecule has 0 amide bonds. The molecule has 0 aromatic rings. The highest BCUT2D eigenvalue weighted by Crippen LogP contribution is 2.37. The second-order valence-corrected chi connectivity index (χ2v) is 54.9. The molecule has 0 N–H and O–H groups in total. The Morgan fingerprint density at radius 3 is 0.496 bits per heavy atom. The molecule has 0 aromatic carbocycles. The van der Waals surface area contributed by atoms with E-state index in [1.807, 2.05) is 0 Å². The Labute approximate surface area is 772 Å². The molecule has 0 aliphatic rings. The van der Waals surface area contributed by atoms with E-state index in [-0.39, 0.29) is 22.4 Å². The van der Waals surface area contributed by atoms with Crippen molar-refractivity contribution in [3.63, 3.8) is 0 Å². The molecule has 0 aliphatic carbocycles. The highest BCUT2D eigenvalue weighted by atomic mass is 28.4. The number of hydrogen-bond donors (Lipinski definition) is 0.